The average molecular weight is 243 g/mol. The number of aryl methyl sites for hydroxylation is 2. The zero-order valence-electron chi connectivity index (χ0n) is 9.82. The van der Waals surface area contributed by atoms with Gasteiger partial charge in [-0.3, -0.25) is 0 Å². The van der Waals surface area contributed by atoms with Gasteiger partial charge in [-0.2, -0.15) is 5.26 Å². The monoisotopic (exact) mass is 243 g/mol. The first-order valence-corrected chi connectivity index (χ1v) is 6.16. The highest BCUT2D eigenvalue weighted by atomic mass is 32.1. The van der Waals surface area contributed by atoms with Crippen LogP contribution in [0.2, 0.25) is 0 Å². The van der Waals surface area contributed by atoms with Crippen LogP contribution in [-0.2, 0) is 6.54 Å². The molecule has 0 unspecified atom stereocenters. The van der Waals surface area contributed by atoms with E-state index in [-0.39, 0.29) is 0 Å². The molecule has 1 aromatic heterocycles. The molecular formula is C13H13N3S. The van der Waals surface area contributed by atoms with Gasteiger partial charge in [-0.1, -0.05) is 6.07 Å². The molecule has 1 aromatic carbocycles. The molecular weight excluding hydrogens is 230 g/mol. The van der Waals surface area contributed by atoms with Crippen LogP contribution in [0.25, 0.3) is 0 Å². The first kappa shape index (κ1) is 11.6. The van der Waals surface area contributed by atoms with Crippen LogP contribution in [0.4, 0.5) is 5.69 Å². The van der Waals surface area contributed by atoms with Gasteiger partial charge >= 0.3 is 0 Å². The Bertz CT molecular complexity index is 566. The molecule has 4 heteroatoms. The summed E-state index contributed by atoms with van der Waals surface area (Å²) < 4.78 is 0. The lowest BCUT2D eigenvalue weighted by atomic mass is 10.1. The number of hydrogen-bond donors (Lipinski definition) is 1. The van der Waals surface area contributed by atoms with Gasteiger partial charge in [0, 0.05) is 11.1 Å². The summed E-state index contributed by atoms with van der Waals surface area (Å²) in [4.78, 5) is 5.48. The van der Waals surface area contributed by atoms with Crippen LogP contribution in [0.5, 0.6) is 0 Å². The third-order valence-corrected chi connectivity index (χ3v) is 3.31. The van der Waals surface area contributed by atoms with Crippen molar-refractivity contribution in [2.75, 3.05) is 5.32 Å². The average Bonchev–Trinajstić information content (AvgIpc) is 2.73. The van der Waals surface area contributed by atoms with Gasteiger partial charge in [0.15, 0.2) is 0 Å². The normalized spacial score (nSPS) is 9.94. The molecule has 3 nitrogen and oxygen atoms in total. The summed E-state index contributed by atoms with van der Waals surface area (Å²) in [6, 6.07) is 7.95. The van der Waals surface area contributed by atoms with Crippen molar-refractivity contribution in [3.05, 3.63) is 45.4 Å². The molecule has 86 valence electrons. The summed E-state index contributed by atoms with van der Waals surface area (Å²) >= 11 is 1.67. The Morgan fingerprint density at radius 2 is 2.24 bits per heavy atom. The fourth-order valence-electron chi connectivity index (χ4n) is 1.56. The van der Waals surface area contributed by atoms with E-state index in [1.54, 1.807) is 11.3 Å². The van der Waals surface area contributed by atoms with Crippen molar-refractivity contribution >= 4 is 17.0 Å². The number of thiazole rings is 1. The molecule has 0 aliphatic carbocycles. The molecule has 2 aromatic rings. The van der Waals surface area contributed by atoms with E-state index in [4.69, 9.17) is 5.26 Å². The van der Waals surface area contributed by atoms with Crippen molar-refractivity contribution in [3.63, 3.8) is 0 Å². The van der Waals surface area contributed by atoms with Gasteiger partial charge in [-0.15, -0.1) is 11.3 Å². The fraction of sp³-hybridized carbons (Fsp3) is 0.231. The van der Waals surface area contributed by atoms with Crippen molar-refractivity contribution in [3.8, 4) is 6.07 Å². The van der Waals surface area contributed by atoms with E-state index < -0.39 is 0 Å². The van der Waals surface area contributed by atoms with Crippen molar-refractivity contribution in [1.82, 2.24) is 4.98 Å². The SMILES string of the molecule is Cc1ccc(C#N)c(NCc2ncc(C)s2)c1. The minimum Gasteiger partial charge on any atom is -0.377 e. The van der Waals surface area contributed by atoms with E-state index in [0.29, 0.717) is 12.1 Å². The Morgan fingerprint density at radius 3 is 2.88 bits per heavy atom. The van der Waals surface area contributed by atoms with Crippen molar-refractivity contribution in [2.45, 2.75) is 20.4 Å². The lowest BCUT2D eigenvalue weighted by Crippen LogP contribution is -2.01. The topological polar surface area (TPSA) is 48.7 Å². The molecule has 0 aliphatic rings. The molecule has 0 fully saturated rings. The molecule has 1 N–H and O–H groups in total. The van der Waals surface area contributed by atoms with E-state index in [1.807, 2.05) is 38.2 Å². The van der Waals surface area contributed by atoms with Crippen LogP contribution in [0.15, 0.2) is 24.4 Å². The highest BCUT2D eigenvalue weighted by Crippen LogP contribution is 2.19. The minimum atomic E-state index is 0.663. The maximum Gasteiger partial charge on any atom is 0.112 e. The second-order valence-corrected chi connectivity index (χ2v) is 5.20. The van der Waals surface area contributed by atoms with E-state index in [2.05, 4.69) is 16.4 Å². The predicted molar refractivity (Wildman–Crippen MR) is 70.1 cm³/mol. The zero-order chi connectivity index (χ0) is 12.3. The number of aromatic nitrogens is 1. The molecule has 0 spiro atoms. The Labute approximate surface area is 105 Å². The van der Waals surface area contributed by atoms with Crippen LogP contribution in [0.1, 0.15) is 21.0 Å². The number of hydrogen-bond acceptors (Lipinski definition) is 4. The zero-order valence-corrected chi connectivity index (χ0v) is 10.6. The number of nitriles is 1. The molecule has 0 bridgehead atoms. The van der Waals surface area contributed by atoms with E-state index in [9.17, 15) is 0 Å². The van der Waals surface area contributed by atoms with E-state index in [0.717, 1.165) is 16.3 Å². The summed E-state index contributed by atoms with van der Waals surface area (Å²) in [5, 5.41) is 13.3. The van der Waals surface area contributed by atoms with Crippen LogP contribution >= 0.6 is 11.3 Å². The summed E-state index contributed by atoms with van der Waals surface area (Å²) in [5.74, 6) is 0. The molecule has 0 radical (unpaired) electrons. The number of benzene rings is 1. The summed E-state index contributed by atoms with van der Waals surface area (Å²) in [7, 11) is 0. The van der Waals surface area contributed by atoms with Gasteiger partial charge < -0.3 is 5.32 Å². The van der Waals surface area contributed by atoms with Crippen LogP contribution in [-0.4, -0.2) is 4.98 Å². The van der Waals surface area contributed by atoms with Gasteiger partial charge in [0.05, 0.1) is 17.8 Å². The Morgan fingerprint density at radius 1 is 1.41 bits per heavy atom. The third-order valence-electron chi connectivity index (χ3n) is 2.39. The number of nitrogens with one attached hydrogen (secondary N) is 1. The highest BCUT2D eigenvalue weighted by molar-refractivity contribution is 7.11. The molecule has 1 heterocycles. The molecule has 0 saturated carbocycles. The van der Waals surface area contributed by atoms with Gasteiger partial charge in [0.2, 0.25) is 0 Å². The van der Waals surface area contributed by atoms with Gasteiger partial charge in [0.1, 0.15) is 11.1 Å². The Kier molecular flexibility index (Phi) is 3.40. The van der Waals surface area contributed by atoms with Crippen LogP contribution in [0.3, 0.4) is 0 Å². The van der Waals surface area contributed by atoms with E-state index in [1.165, 1.54) is 4.88 Å². The van der Waals surface area contributed by atoms with Gasteiger partial charge in [-0.25, -0.2) is 4.98 Å². The maximum absolute atomic E-state index is 9.01. The standard InChI is InChI=1S/C13H13N3S/c1-9-3-4-11(6-14)12(5-9)15-8-13-16-7-10(2)17-13/h3-5,7,15H,8H2,1-2H3. The Hall–Kier alpha value is -1.86. The van der Waals surface area contributed by atoms with Crippen molar-refractivity contribution in [1.29, 1.82) is 5.26 Å². The summed E-state index contributed by atoms with van der Waals surface area (Å²) in [6.45, 7) is 4.71. The van der Waals surface area contributed by atoms with Gasteiger partial charge in [-0.05, 0) is 31.5 Å². The summed E-state index contributed by atoms with van der Waals surface area (Å²) in [5.41, 5.74) is 2.69. The number of nitrogens with zero attached hydrogens (tertiary/aromatic N) is 2. The number of rotatable bonds is 3. The second kappa shape index (κ2) is 4.98. The lowest BCUT2D eigenvalue weighted by Gasteiger charge is -2.07. The third kappa shape index (κ3) is 2.83. The lowest BCUT2D eigenvalue weighted by molar-refractivity contribution is 1.10. The molecule has 0 atom stereocenters. The maximum atomic E-state index is 9.01. The van der Waals surface area contributed by atoms with E-state index >= 15 is 0 Å². The summed E-state index contributed by atoms with van der Waals surface area (Å²) in [6.07, 6.45) is 1.86. The fourth-order valence-corrected chi connectivity index (χ4v) is 2.28. The highest BCUT2D eigenvalue weighted by Gasteiger charge is 2.03. The molecule has 2 rings (SSSR count). The first-order valence-electron chi connectivity index (χ1n) is 5.35. The molecule has 17 heavy (non-hydrogen) atoms. The van der Waals surface area contributed by atoms with Gasteiger partial charge in [0.25, 0.3) is 0 Å². The first-order chi connectivity index (χ1) is 8.19. The molecule has 0 aliphatic heterocycles. The van der Waals surface area contributed by atoms with Crippen LogP contribution < -0.4 is 5.32 Å². The second-order valence-electron chi connectivity index (χ2n) is 3.88. The largest absolute Gasteiger partial charge is 0.377 e. The van der Waals surface area contributed by atoms with Crippen LogP contribution in [0, 0.1) is 25.2 Å². The number of anilines is 1. The Balaban J connectivity index is 2.13. The molecule has 0 saturated heterocycles. The predicted octanol–water partition coefficient (Wildman–Crippen LogP) is 3.24. The van der Waals surface area contributed by atoms with Crippen molar-refractivity contribution < 1.29 is 0 Å². The smallest absolute Gasteiger partial charge is 0.112 e. The van der Waals surface area contributed by atoms with Crippen molar-refractivity contribution in [2.24, 2.45) is 0 Å². The minimum absolute atomic E-state index is 0.663. The molecule has 0 amide bonds. The quantitative estimate of drug-likeness (QED) is 0.900.